The number of nitrogens with zero attached hydrogens (tertiary/aromatic N) is 1. The molecule has 3 aromatic carbocycles. The van der Waals surface area contributed by atoms with Gasteiger partial charge in [0.1, 0.15) is 11.6 Å². The fourth-order valence-electron chi connectivity index (χ4n) is 3.21. The second-order valence-electron chi connectivity index (χ2n) is 6.79. The highest BCUT2D eigenvalue weighted by molar-refractivity contribution is 5.99. The third-order valence-electron chi connectivity index (χ3n) is 4.65. The number of ether oxygens (including phenoxy) is 1. The number of fused-ring (bicyclic) bond motifs is 1. The van der Waals surface area contributed by atoms with Gasteiger partial charge < -0.3 is 15.0 Å². The van der Waals surface area contributed by atoms with Crippen LogP contribution >= 0.6 is 0 Å². The predicted octanol–water partition coefficient (Wildman–Crippen LogP) is 3.93. The molecule has 0 radical (unpaired) electrons. The summed E-state index contributed by atoms with van der Waals surface area (Å²) in [6.07, 6.45) is 0.136. The first-order valence-electron chi connectivity index (χ1n) is 9.24. The molecule has 1 aliphatic rings. The normalized spacial score (nSPS) is 12.9. The van der Waals surface area contributed by atoms with Gasteiger partial charge in [0.15, 0.2) is 6.61 Å². The van der Waals surface area contributed by atoms with E-state index in [0.717, 1.165) is 11.1 Å². The number of amides is 2. The van der Waals surface area contributed by atoms with Crippen LogP contribution in [0.25, 0.3) is 0 Å². The molecule has 1 N–H and O–H groups in total. The van der Waals surface area contributed by atoms with Crippen LogP contribution in [0.4, 0.5) is 15.8 Å². The summed E-state index contributed by atoms with van der Waals surface area (Å²) in [4.78, 5) is 26.3. The Kier molecular flexibility index (Phi) is 5.24. The van der Waals surface area contributed by atoms with Crippen LogP contribution in [0.15, 0.2) is 72.8 Å². The Balaban J connectivity index is 1.48. The van der Waals surface area contributed by atoms with Crippen LogP contribution in [0.3, 0.4) is 0 Å². The van der Waals surface area contributed by atoms with Crippen LogP contribution in [0, 0.1) is 5.82 Å². The first-order valence-corrected chi connectivity index (χ1v) is 9.24. The van der Waals surface area contributed by atoms with E-state index >= 15 is 0 Å². The first-order chi connectivity index (χ1) is 14.1. The molecule has 146 valence electrons. The molecule has 0 atom stereocenters. The lowest BCUT2D eigenvalue weighted by atomic mass is 10.1. The van der Waals surface area contributed by atoms with E-state index in [2.05, 4.69) is 5.32 Å². The zero-order chi connectivity index (χ0) is 20.2. The van der Waals surface area contributed by atoms with Crippen LogP contribution in [-0.4, -0.2) is 18.4 Å². The molecule has 0 fully saturated rings. The van der Waals surface area contributed by atoms with Crippen molar-refractivity contribution in [3.63, 3.8) is 0 Å². The molecule has 0 bridgehead atoms. The van der Waals surface area contributed by atoms with Gasteiger partial charge in [-0.25, -0.2) is 4.39 Å². The molecule has 0 saturated carbocycles. The standard InChI is InChI=1S/C23H19FN2O3/c24-18-8-6-16(7-9-18)12-22(27)25-19-10-11-20-21(13-19)29-15-23(28)26(20)14-17-4-2-1-3-5-17/h1-11,13H,12,14-15H2,(H,25,27). The topological polar surface area (TPSA) is 58.6 Å². The van der Waals surface area contributed by atoms with Gasteiger partial charge >= 0.3 is 0 Å². The average molecular weight is 390 g/mol. The highest BCUT2D eigenvalue weighted by Gasteiger charge is 2.26. The molecular formula is C23H19FN2O3. The smallest absolute Gasteiger partial charge is 0.265 e. The first kappa shape index (κ1) is 18.7. The van der Waals surface area contributed by atoms with E-state index < -0.39 is 0 Å². The zero-order valence-corrected chi connectivity index (χ0v) is 15.6. The van der Waals surface area contributed by atoms with E-state index in [4.69, 9.17) is 4.74 Å². The minimum atomic E-state index is -0.337. The van der Waals surface area contributed by atoms with Crippen LogP contribution in [0.2, 0.25) is 0 Å². The lowest BCUT2D eigenvalue weighted by molar-refractivity contribution is -0.121. The molecule has 0 aromatic heterocycles. The van der Waals surface area contributed by atoms with Gasteiger partial charge in [-0.15, -0.1) is 0 Å². The molecule has 3 aromatic rings. The summed E-state index contributed by atoms with van der Waals surface area (Å²) in [5.74, 6) is -0.130. The second-order valence-corrected chi connectivity index (χ2v) is 6.79. The van der Waals surface area contributed by atoms with Crippen molar-refractivity contribution in [3.05, 3.63) is 89.7 Å². The van der Waals surface area contributed by atoms with Crippen molar-refractivity contribution in [3.8, 4) is 5.75 Å². The summed E-state index contributed by atoms with van der Waals surface area (Å²) in [6, 6.07) is 20.8. The van der Waals surface area contributed by atoms with Crippen molar-refractivity contribution in [1.29, 1.82) is 0 Å². The van der Waals surface area contributed by atoms with E-state index in [9.17, 15) is 14.0 Å². The molecule has 1 aliphatic heterocycles. The minimum Gasteiger partial charge on any atom is -0.481 e. The van der Waals surface area contributed by atoms with Crippen molar-refractivity contribution in [1.82, 2.24) is 0 Å². The fraction of sp³-hybridized carbons (Fsp3) is 0.130. The molecule has 0 spiro atoms. The van der Waals surface area contributed by atoms with Gasteiger partial charge in [-0.2, -0.15) is 0 Å². The van der Waals surface area contributed by atoms with Crippen molar-refractivity contribution >= 4 is 23.2 Å². The summed E-state index contributed by atoms with van der Waals surface area (Å²) in [5.41, 5.74) is 2.98. The van der Waals surface area contributed by atoms with Crippen molar-refractivity contribution in [2.75, 3.05) is 16.8 Å². The van der Waals surface area contributed by atoms with Gasteiger partial charge in [-0.3, -0.25) is 9.59 Å². The number of benzene rings is 3. The molecule has 0 aliphatic carbocycles. The molecular weight excluding hydrogens is 371 g/mol. The monoisotopic (exact) mass is 390 g/mol. The number of anilines is 2. The van der Waals surface area contributed by atoms with Crippen LogP contribution in [0.5, 0.6) is 5.75 Å². The van der Waals surface area contributed by atoms with E-state index in [1.807, 2.05) is 30.3 Å². The summed E-state index contributed by atoms with van der Waals surface area (Å²) in [6.45, 7) is 0.402. The second kappa shape index (κ2) is 8.14. The third-order valence-corrected chi connectivity index (χ3v) is 4.65. The number of rotatable bonds is 5. The van der Waals surface area contributed by atoms with Gasteiger partial charge in [0, 0.05) is 11.8 Å². The summed E-state index contributed by atoms with van der Waals surface area (Å²) < 4.78 is 18.6. The van der Waals surface area contributed by atoms with Gasteiger partial charge in [-0.1, -0.05) is 42.5 Å². The Labute approximate surface area is 167 Å². The minimum absolute atomic E-state index is 0.0488. The average Bonchev–Trinajstić information content (AvgIpc) is 2.72. The predicted molar refractivity (Wildman–Crippen MR) is 108 cm³/mol. The lowest BCUT2D eigenvalue weighted by Crippen LogP contribution is -2.38. The van der Waals surface area contributed by atoms with Crippen LogP contribution in [-0.2, 0) is 22.6 Å². The Morgan fingerprint density at radius 2 is 1.76 bits per heavy atom. The Morgan fingerprint density at radius 1 is 1.00 bits per heavy atom. The Hall–Kier alpha value is -3.67. The van der Waals surface area contributed by atoms with Crippen LogP contribution in [0.1, 0.15) is 11.1 Å². The van der Waals surface area contributed by atoms with Crippen molar-refractivity contribution in [2.45, 2.75) is 13.0 Å². The van der Waals surface area contributed by atoms with E-state index in [-0.39, 0.29) is 30.7 Å². The van der Waals surface area contributed by atoms with Gasteiger partial charge in [0.25, 0.3) is 5.91 Å². The Morgan fingerprint density at radius 3 is 2.52 bits per heavy atom. The molecule has 1 heterocycles. The zero-order valence-electron chi connectivity index (χ0n) is 15.6. The summed E-state index contributed by atoms with van der Waals surface area (Å²) >= 11 is 0. The number of hydrogen-bond donors (Lipinski definition) is 1. The maximum absolute atomic E-state index is 13.0. The number of nitrogens with one attached hydrogen (secondary N) is 1. The number of carbonyl (C=O) groups excluding carboxylic acids is 2. The largest absolute Gasteiger partial charge is 0.481 e. The molecule has 2 amide bonds. The number of halogens is 1. The van der Waals surface area contributed by atoms with Crippen molar-refractivity contribution < 1.29 is 18.7 Å². The molecule has 5 nitrogen and oxygen atoms in total. The summed E-state index contributed by atoms with van der Waals surface area (Å²) in [5, 5.41) is 2.81. The third kappa shape index (κ3) is 4.43. The molecule has 0 saturated heterocycles. The van der Waals surface area contributed by atoms with E-state index in [1.165, 1.54) is 12.1 Å². The van der Waals surface area contributed by atoms with Gasteiger partial charge in [-0.05, 0) is 35.4 Å². The van der Waals surface area contributed by atoms with Crippen molar-refractivity contribution in [2.24, 2.45) is 0 Å². The maximum Gasteiger partial charge on any atom is 0.265 e. The highest BCUT2D eigenvalue weighted by atomic mass is 19.1. The molecule has 0 unspecified atom stereocenters. The number of carbonyl (C=O) groups is 2. The van der Waals surface area contributed by atoms with E-state index in [1.54, 1.807) is 35.2 Å². The fourth-order valence-corrected chi connectivity index (χ4v) is 3.21. The molecule has 4 rings (SSSR count). The lowest BCUT2D eigenvalue weighted by Gasteiger charge is -2.29. The van der Waals surface area contributed by atoms with Crippen LogP contribution < -0.4 is 15.0 Å². The number of hydrogen-bond acceptors (Lipinski definition) is 3. The van der Waals surface area contributed by atoms with E-state index in [0.29, 0.717) is 23.7 Å². The Bertz CT molecular complexity index is 1040. The quantitative estimate of drug-likeness (QED) is 0.718. The van der Waals surface area contributed by atoms with Gasteiger partial charge in [0.2, 0.25) is 5.91 Å². The highest BCUT2D eigenvalue weighted by Crippen LogP contribution is 2.35. The maximum atomic E-state index is 13.0. The van der Waals surface area contributed by atoms with Gasteiger partial charge in [0.05, 0.1) is 18.7 Å². The molecule has 29 heavy (non-hydrogen) atoms. The SMILES string of the molecule is O=C(Cc1ccc(F)cc1)Nc1ccc2c(c1)OCC(=O)N2Cc1ccccc1. The molecule has 6 heteroatoms. The summed E-state index contributed by atoms with van der Waals surface area (Å²) in [7, 11) is 0.